The maximum absolute atomic E-state index is 12.7. The van der Waals surface area contributed by atoms with Gasteiger partial charge in [-0.25, -0.2) is 18.4 Å². The smallest absolute Gasteiger partial charge is 0.317 e. The highest BCUT2D eigenvalue weighted by Crippen LogP contribution is 2.25. The molecule has 2 aromatic carbocycles. The van der Waals surface area contributed by atoms with Gasteiger partial charge in [0.05, 0.1) is 25.2 Å². The summed E-state index contributed by atoms with van der Waals surface area (Å²) in [6.07, 6.45) is 0. The lowest BCUT2D eigenvalue weighted by Crippen LogP contribution is -2.51. The summed E-state index contributed by atoms with van der Waals surface area (Å²) in [6.45, 7) is 5.26. The Morgan fingerprint density at radius 2 is 1.72 bits per heavy atom. The van der Waals surface area contributed by atoms with Crippen LogP contribution in [-0.4, -0.2) is 64.6 Å². The van der Waals surface area contributed by atoms with Gasteiger partial charge < -0.3 is 19.7 Å². The SMILES string of the molecule is COc1ccc(OC)c(CN2CCN(C(=O)N[C@H](C)c3ccc(S(N)(=O)=O)cc3)CC2)c1. The number of hydrogen-bond donors (Lipinski definition) is 2. The van der Waals surface area contributed by atoms with E-state index in [9.17, 15) is 13.2 Å². The number of piperazine rings is 1. The number of primary sulfonamides is 1. The Kier molecular flexibility index (Phi) is 7.60. The van der Waals surface area contributed by atoms with E-state index >= 15 is 0 Å². The number of benzene rings is 2. The summed E-state index contributed by atoms with van der Waals surface area (Å²) in [7, 11) is -0.450. The minimum absolute atomic E-state index is 0.0450. The van der Waals surface area contributed by atoms with Crippen molar-refractivity contribution in [3.63, 3.8) is 0 Å². The van der Waals surface area contributed by atoms with Crippen molar-refractivity contribution >= 4 is 16.1 Å². The van der Waals surface area contributed by atoms with Crippen molar-refractivity contribution in [3.05, 3.63) is 53.6 Å². The van der Waals surface area contributed by atoms with Crippen LogP contribution in [0.25, 0.3) is 0 Å². The Morgan fingerprint density at radius 1 is 1.06 bits per heavy atom. The highest BCUT2D eigenvalue weighted by atomic mass is 32.2. The molecule has 0 aromatic heterocycles. The maximum Gasteiger partial charge on any atom is 0.317 e. The number of rotatable bonds is 7. The molecule has 1 saturated heterocycles. The molecule has 0 unspecified atom stereocenters. The molecular formula is C22H30N4O5S. The molecule has 1 fully saturated rings. The van der Waals surface area contributed by atoms with Crippen LogP contribution in [0.3, 0.4) is 0 Å². The molecule has 2 aromatic rings. The fourth-order valence-corrected chi connectivity index (χ4v) is 4.18. The number of carbonyl (C=O) groups excluding carboxylic acids is 1. The van der Waals surface area contributed by atoms with Gasteiger partial charge in [-0.15, -0.1) is 0 Å². The molecule has 3 N–H and O–H groups in total. The van der Waals surface area contributed by atoms with Crippen LogP contribution in [0, 0.1) is 0 Å². The van der Waals surface area contributed by atoms with Crippen LogP contribution in [0.2, 0.25) is 0 Å². The fourth-order valence-electron chi connectivity index (χ4n) is 3.66. The molecule has 1 aliphatic rings. The van der Waals surface area contributed by atoms with Crippen molar-refractivity contribution in [2.45, 2.75) is 24.4 Å². The number of methoxy groups -OCH3 is 2. The summed E-state index contributed by atoms with van der Waals surface area (Å²) in [5.41, 5.74) is 1.84. The first-order valence-electron chi connectivity index (χ1n) is 10.3. The number of nitrogens with one attached hydrogen (secondary N) is 1. The second-order valence-corrected chi connectivity index (χ2v) is 9.29. The predicted octanol–water partition coefficient (Wildman–Crippen LogP) is 1.94. The summed E-state index contributed by atoms with van der Waals surface area (Å²) >= 11 is 0. The lowest BCUT2D eigenvalue weighted by Gasteiger charge is -2.35. The second kappa shape index (κ2) is 10.2. The first-order valence-corrected chi connectivity index (χ1v) is 11.9. The highest BCUT2D eigenvalue weighted by molar-refractivity contribution is 7.89. The molecule has 0 bridgehead atoms. The number of hydrogen-bond acceptors (Lipinski definition) is 6. The highest BCUT2D eigenvalue weighted by Gasteiger charge is 2.23. The average Bonchev–Trinajstić information content (AvgIpc) is 2.79. The van der Waals surface area contributed by atoms with Gasteiger partial charge in [-0.2, -0.15) is 0 Å². The number of nitrogens with two attached hydrogens (primary N) is 1. The Morgan fingerprint density at radius 3 is 2.28 bits per heavy atom. The van der Waals surface area contributed by atoms with E-state index < -0.39 is 10.0 Å². The van der Waals surface area contributed by atoms with E-state index in [-0.39, 0.29) is 17.0 Å². The van der Waals surface area contributed by atoms with E-state index in [0.717, 1.165) is 35.7 Å². The lowest BCUT2D eigenvalue weighted by molar-refractivity contribution is 0.133. The van der Waals surface area contributed by atoms with Gasteiger partial charge in [0.25, 0.3) is 0 Å². The molecule has 174 valence electrons. The zero-order valence-corrected chi connectivity index (χ0v) is 19.4. The molecular weight excluding hydrogens is 432 g/mol. The third-order valence-electron chi connectivity index (χ3n) is 5.59. The Hall–Kier alpha value is -2.82. The van der Waals surface area contributed by atoms with E-state index in [1.807, 2.05) is 25.1 Å². The average molecular weight is 463 g/mol. The fraction of sp³-hybridized carbons (Fsp3) is 0.409. The zero-order valence-electron chi connectivity index (χ0n) is 18.6. The van der Waals surface area contributed by atoms with Crippen molar-refractivity contribution in [2.24, 2.45) is 5.14 Å². The number of urea groups is 1. The van der Waals surface area contributed by atoms with Crippen LogP contribution < -0.4 is 19.9 Å². The van der Waals surface area contributed by atoms with Gasteiger partial charge in [-0.3, -0.25) is 4.90 Å². The molecule has 1 atom stereocenters. The first kappa shape index (κ1) is 23.8. The molecule has 0 aliphatic carbocycles. The normalized spacial score (nSPS) is 15.8. The molecule has 2 amide bonds. The van der Waals surface area contributed by atoms with Gasteiger partial charge in [-0.1, -0.05) is 12.1 Å². The zero-order chi connectivity index (χ0) is 23.3. The minimum Gasteiger partial charge on any atom is -0.497 e. The van der Waals surface area contributed by atoms with E-state index in [1.165, 1.54) is 12.1 Å². The van der Waals surface area contributed by atoms with E-state index in [0.29, 0.717) is 19.6 Å². The third-order valence-corrected chi connectivity index (χ3v) is 6.52. The summed E-state index contributed by atoms with van der Waals surface area (Å²) in [5.74, 6) is 1.60. The van der Waals surface area contributed by atoms with Crippen LogP contribution in [-0.2, 0) is 16.6 Å². The molecule has 9 nitrogen and oxygen atoms in total. The largest absolute Gasteiger partial charge is 0.497 e. The predicted molar refractivity (Wildman–Crippen MR) is 121 cm³/mol. The minimum atomic E-state index is -3.74. The number of carbonyl (C=O) groups is 1. The molecule has 1 aliphatic heterocycles. The third kappa shape index (κ3) is 5.90. The van der Waals surface area contributed by atoms with E-state index in [2.05, 4.69) is 10.2 Å². The summed E-state index contributed by atoms with van der Waals surface area (Å²) < 4.78 is 33.6. The molecule has 10 heteroatoms. The Labute approximate surface area is 189 Å². The van der Waals surface area contributed by atoms with Crippen LogP contribution in [0.5, 0.6) is 11.5 Å². The number of nitrogens with zero attached hydrogens (tertiary/aromatic N) is 2. The molecule has 0 radical (unpaired) electrons. The topological polar surface area (TPSA) is 114 Å². The van der Waals surface area contributed by atoms with Gasteiger partial charge in [0.15, 0.2) is 0 Å². The number of sulfonamides is 1. The summed E-state index contributed by atoms with van der Waals surface area (Å²) in [6, 6.07) is 11.5. The molecule has 0 saturated carbocycles. The molecule has 1 heterocycles. The van der Waals surface area contributed by atoms with Crippen molar-refractivity contribution in [2.75, 3.05) is 40.4 Å². The summed E-state index contributed by atoms with van der Waals surface area (Å²) in [5, 5.41) is 8.10. The van der Waals surface area contributed by atoms with Crippen LogP contribution in [0.4, 0.5) is 4.79 Å². The first-order chi connectivity index (χ1) is 15.2. The second-order valence-electron chi connectivity index (χ2n) is 7.73. The Balaban J connectivity index is 1.53. The van der Waals surface area contributed by atoms with Crippen molar-refractivity contribution in [1.29, 1.82) is 0 Å². The molecule has 0 spiro atoms. The van der Waals surface area contributed by atoms with E-state index in [1.54, 1.807) is 31.3 Å². The van der Waals surface area contributed by atoms with Gasteiger partial charge in [0, 0.05) is 38.3 Å². The van der Waals surface area contributed by atoms with Crippen LogP contribution >= 0.6 is 0 Å². The molecule has 32 heavy (non-hydrogen) atoms. The number of ether oxygens (including phenoxy) is 2. The van der Waals surface area contributed by atoms with Crippen molar-refractivity contribution in [1.82, 2.24) is 15.1 Å². The monoisotopic (exact) mass is 462 g/mol. The molecule has 3 rings (SSSR count). The van der Waals surface area contributed by atoms with Gasteiger partial charge >= 0.3 is 6.03 Å². The number of amides is 2. The van der Waals surface area contributed by atoms with Crippen LogP contribution in [0.1, 0.15) is 24.1 Å². The van der Waals surface area contributed by atoms with Gasteiger partial charge in [0.1, 0.15) is 11.5 Å². The van der Waals surface area contributed by atoms with Crippen molar-refractivity contribution in [3.8, 4) is 11.5 Å². The quantitative estimate of drug-likeness (QED) is 0.650. The van der Waals surface area contributed by atoms with Gasteiger partial charge in [0.2, 0.25) is 10.0 Å². The maximum atomic E-state index is 12.7. The Bertz CT molecular complexity index is 1030. The van der Waals surface area contributed by atoms with Gasteiger partial charge in [-0.05, 0) is 42.8 Å². The van der Waals surface area contributed by atoms with Crippen LogP contribution in [0.15, 0.2) is 47.4 Å². The standard InChI is InChI=1S/C22H30N4O5S/c1-16(17-4-7-20(8-5-17)32(23,28)29)24-22(27)26-12-10-25(11-13-26)15-18-14-19(30-2)6-9-21(18)31-3/h4-9,14,16H,10-13,15H2,1-3H3,(H,24,27)(H2,23,28,29)/t16-/m1/s1. The van der Waals surface area contributed by atoms with Crippen molar-refractivity contribution < 1.29 is 22.7 Å². The van der Waals surface area contributed by atoms with E-state index in [4.69, 9.17) is 14.6 Å². The summed E-state index contributed by atoms with van der Waals surface area (Å²) in [4.78, 5) is 16.8. The lowest BCUT2D eigenvalue weighted by atomic mass is 10.1.